The fourth-order valence-corrected chi connectivity index (χ4v) is 0. The monoisotopic (exact) mass is 263 g/mol. The molecule has 0 fully saturated rings. The summed E-state index contributed by atoms with van der Waals surface area (Å²) in [7, 11) is -5.39. The van der Waals surface area contributed by atoms with E-state index in [1.165, 1.54) is 0 Å². The Labute approximate surface area is 139 Å². The van der Waals surface area contributed by atoms with Gasteiger partial charge >= 0.3 is 115 Å². The third kappa shape index (κ3) is 134. The van der Waals surface area contributed by atoms with Gasteiger partial charge in [0, 0.05) is 0 Å². The Balaban J connectivity index is -0.0000000350. The van der Waals surface area contributed by atoms with Gasteiger partial charge in [-0.1, -0.05) is 0 Å². The van der Waals surface area contributed by atoms with Crippen LogP contribution < -0.4 is 21.3 Å². The summed E-state index contributed by atoms with van der Waals surface area (Å²) < 4.78 is 22.4. The summed E-state index contributed by atoms with van der Waals surface area (Å²) in [6, 6.07) is 0. The van der Waals surface area contributed by atoms with Crippen molar-refractivity contribution in [3.63, 3.8) is 0 Å². The third-order valence-corrected chi connectivity index (χ3v) is 0. The molecule has 0 radical (unpaired) electrons. The van der Waals surface area contributed by atoms with E-state index in [1.807, 2.05) is 0 Å². The van der Waals surface area contributed by atoms with Crippen LogP contribution in [0.5, 0.6) is 0 Å². The fourth-order valence-electron chi connectivity index (χ4n) is 0. The molecular formula is H6Ca3N3O4P. The topological polar surface area (TPSA) is 164 Å². The van der Waals surface area contributed by atoms with Gasteiger partial charge in [0.15, 0.2) is 0 Å². The molecule has 0 saturated heterocycles. The van der Waals surface area contributed by atoms with E-state index in [4.69, 9.17) is 19.2 Å². The van der Waals surface area contributed by atoms with Gasteiger partial charge in [-0.25, -0.2) is 0 Å². The molecule has 0 heterocycles. The second-order valence-electron chi connectivity index (χ2n) is 0.447. The summed E-state index contributed by atoms with van der Waals surface area (Å²) in [5.41, 5.74) is 0. The van der Waals surface area contributed by atoms with Gasteiger partial charge in [0.1, 0.15) is 0 Å². The molecule has 0 aliphatic rings. The van der Waals surface area contributed by atoms with Crippen molar-refractivity contribution in [1.29, 1.82) is 0 Å². The predicted octanol–water partition coefficient (Wildman–Crippen LogP) is -5.74. The molecule has 6 N–H and O–H groups in total. The van der Waals surface area contributed by atoms with Gasteiger partial charge in [-0.2, -0.15) is 7.82 Å². The van der Waals surface area contributed by atoms with Crippen molar-refractivity contribution in [2.75, 3.05) is 0 Å². The Hall–Kier alpha value is 3.77. The quantitative estimate of drug-likeness (QED) is 0.289. The molecule has 7 nitrogen and oxygen atoms in total. The van der Waals surface area contributed by atoms with Crippen LogP contribution in [0.4, 0.5) is 0 Å². The van der Waals surface area contributed by atoms with E-state index < -0.39 is 7.82 Å². The van der Waals surface area contributed by atoms with Crippen LogP contribution in [0, 0.1) is 0 Å². The van der Waals surface area contributed by atoms with Crippen molar-refractivity contribution in [2.24, 2.45) is 6.66 Å². The fraction of sp³-hybridized carbons (Fsp3) is 0. The first-order valence-electron chi connectivity index (χ1n) is 1.96. The summed E-state index contributed by atoms with van der Waals surface area (Å²) >= 11 is 2.62. The Kier molecular flexibility index (Phi) is 51.6. The molecule has 0 spiro atoms. The molecule has 11 heteroatoms. The van der Waals surface area contributed by atoms with Crippen LogP contribution in [0.25, 0.3) is 0 Å². The number of nitrogens with two attached hydrogens (primary N) is 3. The maximum absolute atomic E-state index is 8.55. The van der Waals surface area contributed by atoms with E-state index in [0.29, 0.717) is 0 Å². The first kappa shape index (κ1) is 24.1. The van der Waals surface area contributed by atoms with Crippen molar-refractivity contribution >= 4 is 116 Å². The summed E-state index contributed by atoms with van der Waals surface area (Å²) in [5, 5.41) is 0. The van der Waals surface area contributed by atoms with Gasteiger partial charge in [-0.3, -0.25) is 0 Å². The van der Waals surface area contributed by atoms with Crippen LogP contribution in [-0.2, 0) is 4.57 Å². The zero-order chi connectivity index (χ0) is 10.5. The standard InChI is InChI=1S/3Ca.3H2N.H3O4P/c;;;;;;1-5(2,3)4/h;;;3*1H2;(H3,1,2,3,4)/q3*+2;3*-1;/p-3. The Morgan fingerprint density at radius 2 is 0.818 bits per heavy atom. The van der Waals surface area contributed by atoms with Crippen LogP contribution >= 0.6 is 7.82 Å². The van der Waals surface area contributed by atoms with Gasteiger partial charge < -0.3 is 19.2 Å². The van der Waals surface area contributed by atoms with Crippen LogP contribution in [-0.4, -0.2) is 108 Å². The van der Waals surface area contributed by atoms with Gasteiger partial charge in [-0.05, 0) is 0 Å². The Bertz CT molecular complexity index is 66.7. The van der Waals surface area contributed by atoms with E-state index in [0.717, 1.165) is 108 Å². The van der Waals surface area contributed by atoms with Gasteiger partial charge in [-0.15, -0.1) is 0 Å². The molecule has 0 rings (SSSR count). The van der Waals surface area contributed by atoms with E-state index in [1.54, 1.807) is 0 Å². The molecule has 0 amide bonds. The molecule has 0 aromatic carbocycles. The van der Waals surface area contributed by atoms with Crippen molar-refractivity contribution in [1.82, 2.24) is 0 Å². The number of hydrogen-bond acceptors (Lipinski definition) is 7. The van der Waals surface area contributed by atoms with E-state index >= 15 is 0 Å². The molecule has 0 aromatic heterocycles. The molecule has 0 aromatic rings. The van der Waals surface area contributed by atoms with Crippen molar-refractivity contribution < 1.29 is 19.2 Å². The van der Waals surface area contributed by atoms with Gasteiger partial charge in [0.25, 0.3) is 0 Å². The molecule has 0 aliphatic heterocycles. The SMILES string of the molecule is O=P([O-])([O-])[O-].[NH2][Ca+].[NH2][Ca+].[NH2][Ca+]. The summed E-state index contributed by atoms with van der Waals surface area (Å²) in [6.07, 6.45) is 0. The van der Waals surface area contributed by atoms with Crippen LogP contribution in [0.15, 0.2) is 0 Å². The molecule has 0 unspecified atom stereocenters. The van der Waals surface area contributed by atoms with Crippen molar-refractivity contribution in [3.05, 3.63) is 0 Å². The van der Waals surface area contributed by atoms with Crippen LogP contribution in [0.2, 0.25) is 0 Å². The molecule has 0 aliphatic carbocycles. The number of phosphoric acid groups is 1. The maximum atomic E-state index is 8.55. The summed E-state index contributed by atoms with van der Waals surface area (Å²) in [5.74, 6) is 0. The molecular weight excluding hydrogens is 257 g/mol. The minimum atomic E-state index is -5.39. The zero-order valence-electron chi connectivity index (χ0n) is 5.93. The number of rotatable bonds is 0. The normalized spacial score (nSPS) is 7.27. The average Bonchev–Trinajstić information content (AvgIpc) is 1.96. The van der Waals surface area contributed by atoms with Crippen molar-refractivity contribution in [3.8, 4) is 0 Å². The molecule has 0 bridgehead atoms. The van der Waals surface area contributed by atoms with E-state index in [-0.39, 0.29) is 0 Å². The summed E-state index contributed by atoms with van der Waals surface area (Å²) in [4.78, 5) is 25.6. The second kappa shape index (κ2) is 23.5. The van der Waals surface area contributed by atoms with Crippen molar-refractivity contribution in [2.45, 2.75) is 0 Å². The predicted molar refractivity (Wildman–Crippen MR) is 37.4 cm³/mol. The van der Waals surface area contributed by atoms with E-state index in [9.17, 15) is 0 Å². The molecule has 0 saturated carbocycles. The summed E-state index contributed by atoms with van der Waals surface area (Å²) in [6.45, 7) is 0. The first-order chi connectivity index (χ1) is 5.00. The average molecular weight is 263 g/mol. The minimum absolute atomic E-state index is 0.875. The zero-order valence-corrected chi connectivity index (χ0v) is 13.5. The third-order valence-electron chi connectivity index (χ3n) is 0. The molecule has 0 atom stereocenters. The van der Waals surface area contributed by atoms with Crippen LogP contribution in [0.1, 0.15) is 0 Å². The Morgan fingerprint density at radius 1 is 0.818 bits per heavy atom. The Morgan fingerprint density at radius 3 is 0.818 bits per heavy atom. The molecule has 56 valence electrons. The van der Waals surface area contributed by atoms with Gasteiger partial charge in [0.05, 0.1) is 0 Å². The number of hydrogen-bond donors (Lipinski definition) is 3. The van der Waals surface area contributed by atoms with E-state index in [2.05, 4.69) is 6.66 Å². The second-order valence-corrected chi connectivity index (χ2v) is 1.34. The van der Waals surface area contributed by atoms with Gasteiger partial charge in [0.2, 0.25) is 0 Å². The van der Waals surface area contributed by atoms with Crippen LogP contribution in [0.3, 0.4) is 0 Å². The first-order valence-corrected chi connectivity index (χ1v) is 7.24. The molecule has 11 heavy (non-hydrogen) atoms.